The van der Waals surface area contributed by atoms with Crippen LogP contribution in [0.2, 0.25) is 0 Å². The number of nitrogens with zero attached hydrogens (tertiary/aromatic N) is 1. The number of phenolic OH excluding ortho intramolecular Hbond substituents is 1. The van der Waals surface area contributed by atoms with Gasteiger partial charge in [0.1, 0.15) is 17.4 Å². The van der Waals surface area contributed by atoms with Crippen molar-refractivity contribution in [2.45, 2.75) is 6.54 Å². The average molecular weight is 394 g/mol. The lowest BCUT2D eigenvalue weighted by Gasteiger charge is -2.09. The van der Waals surface area contributed by atoms with E-state index in [0.29, 0.717) is 5.56 Å². The second-order valence-electron chi connectivity index (χ2n) is 5.86. The van der Waals surface area contributed by atoms with Crippen molar-refractivity contribution in [3.8, 4) is 29.1 Å². The number of benzene rings is 2. The van der Waals surface area contributed by atoms with Crippen LogP contribution >= 0.6 is 0 Å². The third kappa shape index (κ3) is 5.78. The van der Waals surface area contributed by atoms with Crippen LogP contribution in [0.3, 0.4) is 0 Å². The molecule has 0 atom stereocenters. The van der Waals surface area contributed by atoms with Crippen molar-refractivity contribution in [3.05, 3.63) is 65.3 Å². The number of ether oxygens (including phenoxy) is 3. The molecule has 2 rings (SSSR count). The molecule has 0 unspecified atom stereocenters. The second-order valence-corrected chi connectivity index (χ2v) is 5.86. The van der Waals surface area contributed by atoms with E-state index in [1.165, 1.54) is 20.3 Å². The van der Waals surface area contributed by atoms with Crippen molar-refractivity contribution in [2.24, 2.45) is 0 Å². The summed E-state index contributed by atoms with van der Waals surface area (Å²) < 4.78 is 15.3. The first-order valence-electron chi connectivity index (χ1n) is 8.67. The highest BCUT2D eigenvalue weighted by molar-refractivity contribution is 5.97. The molecule has 150 valence electrons. The highest BCUT2D eigenvalue weighted by Crippen LogP contribution is 2.37. The van der Waals surface area contributed by atoms with Crippen molar-refractivity contribution < 1.29 is 24.1 Å². The van der Waals surface area contributed by atoms with E-state index in [4.69, 9.17) is 14.2 Å². The van der Waals surface area contributed by atoms with Crippen LogP contribution < -0.4 is 19.5 Å². The number of carbonyl (C=O) groups is 1. The van der Waals surface area contributed by atoms with Crippen LogP contribution in [-0.2, 0) is 11.3 Å². The molecule has 7 heteroatoms. The van der Waals surface area contributed by atoms with Crippen LogP contribution in [-0.4, -0.2) is 32.3 Å². The summed E-state index contributed by atoms with van der Waals surface area (Å²) in [6.07, 6.45) is 4.64. The van der Waals surface area contributed by atoms with Gasteiger partial charge in [-0.05, 0) is 41.5 Å². The van der Waals surface area contributed by atoms with Gasteiger partial charge in [-0.2, -0.15) is 5.26 Å². The quantitative estimate of drug-likeness (QED) is 0.405. The summed E-state index contributed by atoms with van der Waals surface area (Å²) in [6.45, 7) is 0.290. The number of methoxy groups -OCH3 is 3. The van der Waals surface area contributed by atoms with Gasteiger partial charge < -0.3 is 24.6 Å². The average Bonchev–Trinajstić information content (AvgIpc) is 2.76. The molecule has 0 saturated heterocycles. The first kappa shape index (κ1) is 21.4. The van der Waals surface area contributed by atoms with Gasteiger partial charge in [-0.15, -0.1) is 0 Å². The summed E-state index contributed by atoms with van der Waals surface area (Å²) in [6, 6.07) is 12.4. The van der Waals surface area contributed by atoms with Gasteiger partial charge in [0.05, 0.1) is 21.3 Å². The minimum atomic E-state index is -0.478. The van der Waals surface area contributed by atoms with Crippen LogP contribution in [0.5, 0.6) is 23.0 Å². The van der Waals surface area contributed by atoms with Crippen LogP contribution in [0.4, 0.5) is 0 Å². The normalized spacial score (nSPS) is 11.0. The number of nitrogens with one attached hydrogen (secondary N) is 1. The molecule has 0 radical (unpaired) electrons. The van der Waals surface area contributed by atoms with Gasteiger partial charge in [0, 0.05) is 6.54 Å². The van der Waals surface area contributed by atoms with Crippen molar-refractivity contribution in [1.29, 1.82) is 5.26 Å². The van der Waals surface area contributed by atoms with E-state index >= 15 is 0 Å². The monoisotopic (exact) mass is 394 g/mol. The Labute approximate surface area is 169 Å². The van der Waals surface area contributed by atoms with Gasteiger partial charge in [-0.25, -0.2) is 0 Å². The Morgan fingerprint density at radius 3 is 2.24 bits per heavy atom. The van der Waals surface area contributed by atoms with Gasteiger partial charge in [-0.1, -0.05) is 24.3 Å². The van der Waals surface area contributed by atoms with Crippen LogP contribution in [0.25, 0.3) is 6.08 Å². The van der Waals surface area contributed by atoms with E-state index in [2.05, 4.69) is 5.32 Å². The predicted molar refractivity (Wildman–Crippen MR) is 109 cm³/mol. The number of aromatic hydroxyl groups is 1. The first-order chi connectivity index (χ1) is 14.0. The molecule has 29 heavy (non-hydrogen) atoms. The van der Waals surface area contributed by atoms with Gasteiger partial charge in [-0.3, -0.25) is 4.79 Å². The molecule has 0 spiro atoms. The molecule has 2 N–H and O–H groups in total. The van der Waals surface area contributed by atoms with Crippen molar-refractivity contribution in [3.63, 3.8) is 0 Å². The Morgan fingerprint density at radius 1 is 1.10 bits per heavy atom. The number of phenols is 1. The van der Waals surface area contributed by atoms with E-state index < -0.39 is 5.91 Å². The van der Waals surface area contributed by atoms with Gasteiger partial charge >= 0.3 is 0 Å². The molecular formula is C22H22N2O5. The Hall–Kier alpha value is -3.92. The maximum absolute atomic E-state index is 12.2. The first-order valence-corrected chi connectivity index (χ1v) is 8.67. The molecule has 1 amide bonds. The number of rotatable bonds is 8. The molecule has 0 aliphatic heterocycles. The third-order valence-electron chi connectivity index (χ3n) is 4.03. The molecule has 0 saturated carbocycles. The smallest absolute Gasteiger partial charge is 0.262 e. The standard InChI is InChI=1S/C22H22N2O5/c1-27-18-9-7-15(8-10-18)14-24-22(26)17(13-23)6-4-5-16-11-19(28-2)21(25)20(12-16)29-3/h4-12,25H,14H2,1-3H3,(H,24,26)/b5-4+,17-6+. The van der Waals surface area contributed by atoms with Gasteiger partial charge in [0.15, 0.2) is 11.5 Å². The zero-order chi connectivity index (χ0) is 21.2. The fraction of sp³-hybridized carbons (Fsp3) is 0.182. The predicted octanol–water partition coefficient (Wildman–Crippen LogP) is 3.20. The lowest BCUT2D eigenvalue weighted by atomic mass is 10.1. The Bertz CT molecular complexity index is 931. The highest BCUT2D eigenvalue weighted by atomic mass is 16.5. The number of carbonyl (C=O) groups excluding carboxylic acids is 1. The van der Waals surface area contributed by atoms with E-state index in [1.807, 2.05) is 18.2 Å². The molecule has 0 heterocycles. The maximum atomic E-state index is 12.2. The molecule has 7 nitrogen and oxygen atoms in total. The summed E-state index contributed by atoms with van der Waals surface area (Å²) in [5.74, 6) is 0.661. The molecule has 0 aliphatic rings. The second kappa shape index (κ2) is 10.4. The minimum Gasteiger partial charge on any atom is -0.502 e. The fourth-order valence-corrected chi connectivity index (χ4v) is 2.45. The maximum Gasteiger partial charge on any atom is 0.262 e. The van der Waals surface area contributed by atoms with Crippen LogP contribution in [0.1, 0.15) is 11.1 Å². The third-order valence-corrected chi connectivity index (χ3v) is 4.03. The van der Waals surface area contributed by atoms with Gasteiger partial charge in [0.25, 0.3) is 5.91 Å². The van der Waals surface area contributed by atoms with Crippen LogP contribution in [0.15, 0.2) is 54.1 Å². The number of hydrogen-bond donors (Lipinski definition) is 2. The van der Waals surface area contributed by atoms with Crippen molar-refractivity contribution >= 4 is 12.0 Å². The Kier molecular flexibility index (Phi) is 7.68. The van der Waals surface area contributed by atoms with E-state index in [-0.39, 0.29) is 29.4 Å². The van der Waals surface area contributed by atoms with E-state index in [0.717, 1.165) is 11.3 Å². The Balaban J connectivity index is 2.07. The van der Waals surface area contributed by atoms with Crippen molar-refractivity contribution in [1.82, 2.24) is 5.32 Å². The molecule has 2 aromatic rings. The van der Waals surface area contributed by atoms with Crippen molar-refractivity contribution in [2.75, 3.05) is 21.3 Å². The molecule has 0 aromatic heterocycles. The van der Waals surface area contributed by atoms with Gasteiger partial charge in [0.2, 0.25) is 5.75 Å². The highest BCUT2D eigenvalue weighted by Gasteiger charge is 2.10. The Morgan fingerprint density at radius 2 is 1.72 bits per heavy atom. The van der Waals surface area contributed by atoms with E-state index in [9.17, 15) is 15.2 Å². The topological polar surface area (TPSA) is 101 Å². The van der Waals surface area contributed by atoms with Crippen LogP contribution in [0, 0.1) is 11.3 Å². The lowest BCUT2D eigenvalue weighted by molar-refractivity contribution is -0.117. The summed E-state index contributed by atoms with van der Waals surface area (Å²) in [5.41, 5.74) is 1.52. The zero-order valence-corrected chi connectivity index (χ0v) is 16.4. The molecular weight excluding hydrogens is 372 g/mol. The molecule has 2 aromatic carbocycles. The SMILES string of the molecule is COc1ccc(CNC(=O)/C(C#N)=C/C=C/c2cc(OC)c(O)c(OC)c2)cc1. The molecule has 0 bridgehead atoms. The lowest BCUT2D eigenvalue weighted by Crippen LogP contribution is -2.23. The fourth-order valence-electron chi connectivity index (χ4n) is 2.45. The summed E-state index contributed by atoms with van der Waals surface area (Å²) in [5, 5.41) is 21.9. The minimum absolute atomic E-state index is 0.0347. The summed E-state index contributed by atoms with van der Waals surface area (Å²) in [7, 11) is 4.45. The number of hydrogen-bond acceptors (Lipinski definition) is 6. The molecule has 0 aliphatic carbocycles. The number of nitriles is 1. The number of amides is 1. The summed E-state index contributed by atoms with van der Waals surface area (Å²) in [4.78, 5) is 12.2. The van der Waals surface area contributed by atoms with E-state index in [1.54, 1.807) is 43.5 Å². The molecule has 0 fully saturated rings. The largest absolute Gasteiger partial charge is 0.502 e. The zero-order valence-electron chi connectivity index (χ0n) is 16.4. The summed E-state index contributed by atoms with van der Waals surface area (Å²) >= 11 is 0. The number of allylic oxidation sites excluding steroid dienone is 2.